The number of tetrazole rings is 1. The molecule has 1 aromatic heterocycles. The second-order valence-electron chi connectivity index (χ2n) is 3.98. The summed E-state index contributed by atoms with van der Waals surface area (Å²) in [6.45, 7) is 4.00. The quantitative estimate of drug-likeness (QED) is 0.624. The molecule has 0 amide bonds. The molecule has 0 saturated heterocycles. The van der Waals surface area contributed by atoms with Crippen molar-refractivity contribution in [2.75, 3.05) is 12.9 Å². The molecule has 7 heteroatoms. The van der Waals surface area contributed by atoms with Gasteiger partial charge in [0.15, 0.2) is 0 Å². The first-order chi connectivity index (χ1) is 9.13. The molecule has 6 nitrogen and oxygen atoms in total. The molecule has 0 radical (unpaired) electrons. The van der Waals surface area contributed by atoms with Gasteiger partial charge < -0.3 is 4.74 Å². The van der Waals surface area contributed by atoms with Crippen molar-refractivity contribution in [3.05, 3.63) is 29.3 Å². The molecule has 19 heavy (non-hydrogen) atoms. The average molecular weight is 278 g/mol. The van der Waals surface area contributed by atoms with Gasteiger partial charge in [-0.3, -0.25) is 4.79 Å². The lowest BCUT2D eigenvalue weighted by atomic mass is 10.1. The molecule has 0 aliphatic rings. The zero-order chi connectivity index (χ0) is 13.8. The second kappa shape index (κ2) is 5.83. The first-order valence-corrected chi connectivity index (χ1v) is 6.66. The first kappa shape index (κ1) is 13.5. The van der Waals surface area contributed by atoms with Gasteiger partial charge in [-0.25, -0.2) is 0 Å². The van der Waals surface area contributed by atoms with Crippen molar-refractivity contribution in [3.8, 4) is 5.69 Å². The van der Waals surface area contributed by atoms with Crippen LogP contribution in [0, 0.1) is 13.8 Å². The summed E-state index contributed by atoms with van der Waals surface area (Å²) in [6.07, 6.45) is 0. The van der Waals surface area contributed by atoms with E-state index < -0.39 is 0 Å². The molecule has 0 aliphatic carbocycles. The Morgan fingerprint density at radius 3 is 2.68 bits per heavy atom. The maximum Gasteiger partial charge on any atom is 0.316 e. The van der Waals surface area contributed by atoms with Gasteiger partial charge in [-0.15, -0.1) is 5.10 Å². The van der Waals surface area contributed by atoms with Crippen molar-refractivity contribution in [3.63, 3.8) is 0 Å². The Balaban J connectivity index is 2.31. The van der Waals surface area contributed by atoms with Crippen molar-refractivity contribution in [1.29, 1.82) is 0 Å². The fourth-order valence-electron chi connectivity index (χ4n) is 1.73. The molecular formula is C12H14N4O2S. The molecule has 0 bridgehead atoms. The number of esters is 1. The summed E-state index contributed by atoms with van der Waals surface area (Å²) in [5.41, 5.74) is 3.10. The molecular weight excluding hydrogens is 264 g/mol. The fourth-order valence-corrected chi connectivity index (χ4v) is 2.44. The third kappa shape index (κ3) is 2.93. The summed E-state index contributed by atoms with van der Waals surface area (Å²) in [5.74, 6) is -0.122. The van der Waals surface area contributed by atoms with E-state index in [0.717, 1.165) is 16.8 Å². The molecule has 0 N–H and O–H groups in total. The molecule has 0 unspecified atom stereocenters. The lowest BCUT2D eigenvalue weighted by molar-refractivity contribution is -0.137. The second-order valence-corrected chi connectivity index (χ2v) is 4.92. The van der Waals surface area contributed by atoms with Crippen LogP contribution in [0.25, 0.3) is 5.69 Å². The number of nitrogens with zero attached hydrogens (tertiary/aromatic N) is 4. The van der Waals surface area contributed by atoms with Crippen LogP contribution < -0.4 is 0 Å². The van der Waals surface area contributed by atoms with E-state index in [1.165, 1.54) is 18.9 Å². The van der Waals surface area contributed by atoms with E-state index in [0.29, 0.717) is 5.16 Å². The van der Waals surface area contributed by atoms with Crippen LogP contribution in [0.3, 0.4) is 0 Å². The summed E-state index contributed by atoms with van der Waals surface area (Å²) in [7, 11) is 1.36. The van der Waals surface area contributed by atoms with E-state index in [1.807, 2.05) is 32.0 Å². The van der Waals surface area contributed by atoms with Gasteiger partial charge in [0.2, 0.25) is 5.16 Å². The first-order valence-electron chi connectivity index (χ1n) is 5.68. The molecule has 1 heterocycles. The normalized spacial score (nSPS) is 10.5. The largest absolute Gasteiger partial charge is 0.468 e. The van der Waals surface area contributed by atoms with Crippen LogP contribution in [0.15, 0.2) is 23.4 Å². The number of rotatable bonds is 4. The van der Waals surface area contributed by atoms with Gasteiger partial charge in [0.25, 0.3) is 0 Å². The predicted molar refractivity (Wildman–Crippen MR) is 71.4 cm³/mol. The van der Waals surface area contributed by atoms with Crippen LogP contribution in [0.1, 0.15) is 11.1 Å². The van der Waals surface area contributed by atoms with E-state index >= 15 is 0 Å². The summed E-state index contributed by atoms with van der Waals surface area (Å²) < 4.78 is 6.25. The number of hydrogen-bond acceptors (Lipinski definition) is 6. The van der Waals surface area contributed by atoms with Gasteiger partial charge in [-0.2, -0.15) is 4.68 Å². The van der Waals surface area contributed by atoms with Crippen LogP contribution >= 0.6 is 11.8 Å². The molecule has 0 spiro atoms. The van der Waals surface area contributed by atoms with E-state index in [9.17, 15) is 4.79 Å². The van der Waals surface area contributed by atoms with Crippen molar-refractivity contribution in [2.24, 2.45) is 0 Å². The minimum Gasteiger partial charge on any atom is -0.468 e. The highest BCUT2D eigenvalue weighted by molar-refractivity contribution is 7.99. The zero-order valence-electron chi connectivity index (χ0n) is 11.0. The number of para-hydroxylation sites is 1. The zero-order valence-corrected chi connectivity index (χ0v) is 11.8. The SMILES string of the molecule is COC(=O)CSc1nnnn1-c1c(C)cccc1C. The Morgan fingerprint density at radius 2 is 2.05 bits per heavy atom. The van der Waals surface area contributed by atoms with Crippen LogP contribution in [0.2, 0.25) is 0 Å². The maximum atomic E-state index is 11.2. The molecule has 0 fully saturated rings. The standard InChI is InChI=1S/C12H14N4O2S/c1-8-5-4-6-9(2)11(8)16-12(13-14-15-16)19-7-10(17)18-3/h4-6H,7H2,1-3H3. The number of carbonyl (C=O) groups excluding carboxylic acids is 1. The molecule has 2 rings (SSSR count). The smallest absolute Gasteiger partial charge is 0.316 e. The summed E-state index contributed by atoms with van der Waals surface area (Å²) in [6, 6.07) is 5.98. The molecule has 0 atom stereocenters. The minimum absolute atomic E-state index is 0.182. The van der Waals surface area contributed by atoms with E-state index in [4.69, 9.17) is 0 Å². The minimum atomic E-state index is -0.305. The highest BCUT2D eigenvalue weighted by atomic mass is 32.2. The Bertz CT molecular complexity index is 577. The topological polar surface area (TPSA) is 69.9 Å². The molecule has 100 valence electrons. The van der Waals surface area contributed by atoms with Gasteiger partial charge >= 0.3 is 5.97 Å². The van der Waals surface area contributed by atoms with Crippen LogP contribution in [0.4, 0.5) is 0 Å². The number of ether oxygens (including phenoxy) is 1. The Hall–Kier alpha value is -1.89. The summed E-state index contributed by atoms with van der Waals surface area (Å²) in [5, 5.41) is 12.2. The number of thioether (sulfide) groups is 1. The van der Waals surface area contributed by atoms with Gasteiger partial charge in [-0.1, -0.05) is 30.0 Å². The fraction of sp³-hybridized carbons (Fsp3) is 0.333. The Morgan fingerprint density at radius 1 is 1.37 bits per heavy atom. The van der Waals surface area contributed by atoms with E-state index in [-0.39, 0.29) is 11.7 Å². The van der Waals surface area contributed by atoms with Crippen LogP contribution in [0.5, 0.6) is 0 Å². The van der Waals surface area contributed by atoms with Crippen LogP contribution in [-0.2, 0) is 9.53 Å². The van der Waals surface area contributed by atoms with E-state index in [1.54, 1.807) is 4.68 Å². The number of methoxy groups -OCH3 is 1. The van der Waals surface area contributed by atoms with Crippen molar-refractivity contribution < 1.29 is 9.53 Å². The third-order valence-electron chi connectivity index (χ3n) is 2.64. The molecule has 0 saturated carbocycles. The van der Waals surface area contributed by atoms with Gasteiger partial charge in [0.1, 0.15) is 0 Å². The number of benzene rings is 1. The number of carbonyl (C=O) groups is 1. The number of hydrogen-bond donors (Lipinski definition) is 0. The highest BCUT2D eigenvalue weighted by Crippen LogP contribution is 2.23. The van der Waals surface area contributed by atoms with Gasteiger partial charge in [0, 0.05) is 0 Å². The monoisotopic (exact) mass is 278 g/mol. The molecule has 2 aromatic rings. The Labute approximate surface area is 115 Å². The maximum absolute atomic E-state index is 11.2. The van der Waals surface area contributed by atoms with Gasteiger partial charge in [0.05, 0.1) is 18.6 Å². The number of aromatic nitrogens is 4. The summed E-state index contributed by atoms with van der Waals surface area (Å²) in [4.78, 5) is 11.2. The predicted octanol–water partition coefficient (Wildman–Crippen LogP) is 1.54. The van der Waals surface area contributed by atoms with Crippen LogP contribution in [-0.4, -0.2) is 39.0 Å². The summed E-state index contributed by atoms with van der Waals surface area (Å²) >= 11 is 1.25. The Kier molecular flexibility index (Phi) is 4.16. The van der Waals surface area contributed by atoms with Crippen molar-refractivity contribution >= 4 is 17.7 Å². The third-order valence-corrected chi connectivity index (χ3v) is 3.53. The molecule has 0 aliphatic heterocycles. The molecule has 1 aromatic carbocycles. The lowest BCUT2D eigenvalue weighted by Gasteiger charge is -2.10. The average Bonchev–Trinajstić information content (AvgIpc) is 2.84. The van der Waals surface area contributed by atoms with Crippen molar-refractivity contribution in [2.45, 2.75) is 19.0 Å². The van der Waals surface area contributed by atoms with Gasteiger partial charge in [-0.05, 0) is 35.4 Å². The van der Waals surface area contributed by atoms with Crippen molar-refractivity contribution in [1.82, 2.24) is 20.2 Å². The van der Waals surface area contributed by atoms with E-state index in [2.05, 4.69) is 20.3 Å². The lowest BCUT2D eigenvalue weighted by Crippen LogP contribution is -2.07. The highest BCUT2D eigenvalue weighted by Gasteiger charge is 2.14. The number of aryl methyl sites for hydroxylation is 2.